The smallest absolute Gasteiger partial charge is 0.234 e. The first-order chi connectivity index (χ1) is 14.3. The van der Waals surface area contributed by atoms with Gasteiger partial charge in [-0.15, -0.1) is 10.2 Å². The summed E-state index contributed by atoms with van der Waals surface area (Å²) in [5.74, 6) is 1.88. The van der Waals surface area contributed by atoms with Gasteiger partial charge in [0.2, 0.25) is 5.91 Å². The Kier molecular flexibility index (Phi) is 7.39. The first kappa shape index (κ1) is 22.2. The summed E-state index contributed by atoms with van der Waals surface area (Å²) in [4.78, 5) is 12.5. The van der Waals surface area contributed by atoms with Crippen molar-refractivity contribution in [2.45, 2.75) is 38.5 Å². The molecule has 0 fully saturated rings. The van der Waals surface area contributed by atoms with Gasteiger partial charge in [-0.1, -0.05) is 55.4 Å². The third-order valence-corrected chi connectivity index (χ3v) is 5.90. The van der Waals surface area contributed by atoms with Gasteiger partial charge in [0.15, 0.2) is 11.0 Å². The number of halogens is 1. The number of benzene rings is 2. The molecule has 1 heterocycles. The Morgan fingerprint density at radius 1 is 1.20 bits per heavy atom. The van der Waals surface area contributed by atoms with E-state index in [1.54, 1.807) is 24.3 Å². The predicted molar refractivity (Wildman–Crippen MR) is 121 cm³/mol. The van der Waals surface area contributed by atoms with Crippen LogP contribution in [-0.2, 0) is 18.4 Å². The molecule has 3 rings (SSSR count). The number of hydrogen-bond acceptors (Lipinski definition) is 5. The molecular weight excluding hydrogens is 420 g/mol. The van der Waals surface area contributed by atoms with Crippen molar-refractivity contribution in [1.29, 1.82) is 0 Å². The largest absolute Gasteiger partial charge is 0.486 e. The van der Waals surface area contributed by atoms with Crippen LogP contribution < -0.4 is 10.1 Å². The fraction of sp³-hybridized carbons (Fsp3) is 0.318. The van der Waals surface area contributed by atoms with Crippen LogP contribution in [0.25, 0.3) is 0 Å². The number of rotatable bonds is 8. The molecule has 8 heteroatoms. The number of amides is 1. The van der Waals surface area contributed by atoms with E-state index in [0.717, 1.165) is 16.8 Å². The summed E-state index contributed by atoms with van der Waals surface area (Å²) in [6.45, 7) is 6.52. The summed E-state index contributed by atoms with van der Waals surface area (Å²) in [6.07, 6.45) is 0. The van der Waals surface area contributed by atoms with E-state index in [1.165, 1.54) is 11.8 Å². The number of aryl methyl sites for hydroxylation is 1. The van der Waals surface area contributed by atoms with Gasteiger partial charge in [-0.3, -0.25) is 4.79 Å². The average Bonchev–Trinajstić information content (AvgIpc) is 3.07. The van der Waals surface area contributed by atoms with Gasteiger partial charge in [-0.05, 0) is 48.2 Å². The standard InChI is InChI=1S/C22H25ClN4O2S/c1-14(2)18-7-5-6-15(3)21(18)24-20(28)13-30-22-26-25-19(27(22)4)12-29-17-10-8-16(23)9-11-17/h5-11,14H,12-13H2,1-4H3,(H,24,28). The van der Waals surface area contributed by atoms with Crippen LogP contribution in [0.4, 0.5) is 5.69 Å². The van der Waals surface area contributed by atoms with Gasteiger partial charge >= 0.3 is 0 Å². The second kappa shape index (κ2) is 10.00. The number of hydrogen-bond donors (Lipinski definition) is 1. The molecule has 1 amide bonds. The number of aromatic nitrogens is 3. The summed E-state index contributed by atoms with van der Waals surface area (Å²) in [6, 6.07) is 13.2. The Morgan fingerprint density at radius 3 is 2.63 bits per heavy atom. The number of para-hydroxylation sites is 1. The van der Waals surface area contributed by atoms with Crippen molar-refractivity contribution >= 4 is 35.0 Å². The average molecular weight is 445 g/mol. The normalized spacial score (nSPS) is 11.0. The Bertz CT molecular complexity index is 1020. The lowest BCUT2D eigenvalue weighted by Gasteiger charge is -2.16. The number of ether oxygens (including phenoxy) is 1. The van der Waals surface area contributed by atoms with E-state index < -0.39 is 0 Å². The van der Waals surface area contributed by atoms with Crippen molar-refractivity contribution in [3.63, 3.8) is 0 Å². The minimum absolute atomic E-state index is 0.0711. The van der Waals surface area contributed by atoms with E-state index in [9.17, 15) is 4.79 Å². The molecule has 2 aromatic carbocycles. The minimum Gasteiger partial charge on any atom is -0.486 e. The highest BCUT2D eigenvalue weighted by Crippen LogP contribution is 2.28. The number of anilines is 1. The Labute approximate surface area is 186 Å². The van der Waals surface area contributed by atoms with E-state index in [-0.39, 0.29) is 18.3 Å². The highest BCUT2D eigenvalue weighted by atomic mass is 35.5. The van der Waals surface area contributed by atoms with Crippen molar-refractivity contribution < 1.29 is 9.53 Å². The molecule has 0 saturated heterocycles. The molecular formula is C22H25ClN4O2S. The molecule has 158 valence electrons. The van der Waals surface area contributed by atoms with Gasteiger partial charge in [0.25, 0.3) is 0 Å². The third-order valence-electron chi connectivity index (χ3n) is 4.63. The van der Waals surface area contributed by atoms with E-state index >= 15 is 0 Å². The van der Waals surface area contributed by atoms with Crippen LogP contribution in [0.1, 0.15) is 36.7 Å². The molecule has 0 spiro atoms. The quantitative estimate of drug-likeness (QED) is 0.483. The summed E-state index contributed by atoms with van der Waals surface area (Å²) >= 11 is 7.23. The first-order valence-electron chi connectivity index (χ1n) is 9.64. The van der Waals surface area contributed by atoms with Gasteiger partial charge in [-0.2, -0.15) is 0 Å². The van der Waals surface area contributed by atoms with Crippen LogP contribution in [0.2, 0.25) is 5.02 Å². The van der Waals surface area contributed by atoms with Crippen molar-refractivity contribution in [3.05, 3.63) is 64.4 Å². The third kappa shape index (κ3) is 5.55. The Morgan fingerprint density at radius 2 is 1.93 bits per heavy atom. The fourth-order valence-corrected chi connectivity index (χ4v) is 3.78. The van der Waals surface area contributed by atoms with Gasteiger partial charge in [-0.25, -0.2) is 0 Å². The molecule has 0 radical (unpaired) electrons. The lowest BCUT2D eigenvalue weighted by molar-refractivity contribution is -0.113. The van der Waals surface area contributed by atoms with Crippen molar-refractivity contribution in [1.82, 2.24) is 14.8 Å². The lowest BCUT2D eigenvalue weighted by Crippen LogP contribution is -2.17. The highest BCUT2D eigenvalue weighted by Gasteiger charge is 2.15. The number of carbonyl (C=O) groups is 1. The van der Waals surface area contributed by atoms with Crippen LogP contribution in [0.3, 0.4) is 0 Å². The number of nitrogens with one attached hydrogen (secondary N) is 1. The lowest BCUT2D eigenvalue weighted by atomic mass is 9.98. The highest BCUT2D eigenvalue weighted by molar-refractivity contribution is 7.99. The van der Waals surface area contributed by atoms with Gasteiger partial charge < -0.3 is 14.6 Å². The molecule has 0 aliphatic rings. The molecule has 0 aliphatic carbocycles. The van der Waals surface area contributed by atoms with E-state index in [2.05, 4.69) is 35.4 Å². The first-order valence-corrected chi connectivity index (χ1v) is 11.0. The SMILES string of the molecule is Cc1cccc(C(C)C)c1NC(=O)CSc1nnc(COc2ccc(Cl)cc2)n1C. The maximum Gasteiger partial charge on any atom is 0.234 e. The molecule has 30 heavy (non-hydrogen) atoms. The zero-order valence-electron chi connectivity index (χ0n) is 17.5. The second-order valence-electron chi connectivity index (χ2n) is 7.23. The molecule has 0 bridgehead atoms. The van der Waals surface area contributed by atoms with Gasteiger partial charge in [0.1, 0.15) is 12.4 Å². The number of thioether (sulfide) groups is 1. The van der Waals surface area contributed by atoms with Crippen molar-refractivity contribution in [3.8, 4) is 5.75 Å². The minimum atomic E-state index is -0.0711. The molecule has 6 nitrogen and oxygen atoms in total. The van der Waals surface area contributed by atoms with E-state index in [1.807, 2.05) is 30.7 Å². The zero-order valence-corrected chi connectivity index (χ0v) is 19.0. The van der Waals surface area contributed by atoms with Gasteiger partial charge in [0.05, 0.1) is 5.75 Å². The monoisotopic (exact) mass is 444 g/mol. The number of nitrogens with zero attached hydrogens (tertiary/aromatic N) is 3. The zero-order chi connectivity index (χ0) is 21.7. The molecule has 0 aliphatic heterocycles. The van der Waals surface area contributed by atoms with Crippen LogP contribution in [0.15, 0.2) is 47.6 Å². The Balaban J connectivity index is 1.58. The molecule has 1 N–H and O–H groups in total. The molecule has 3 aromatic rings. The van der Waals surface area contributed by atoms with Crippen LogP contribution in [-0.4, -0.2) is 26.4 Å². The molecule has 0 atom stereocenters. The maximum atomic E-state index is 12.5. The maximum absolute atomic E-state index is 12.5. The van der Waals surface area contributed by atoms with Crippen molar-refractivity contribution in [2.75, 3.05) is 11.1 Å². The summed E-state index contributed by atoms with van der Waals surface area (Å²) in [5.41, 5.74) is 3.08. The van der Waals surface area contributed by atoms with E-state index in [0.29, 0.717) is 27.7 Å². The van der Waals surface area contributed by atoms with Gasteiger partial charge in [0, 0.05) is 17.8 Å². The molecule has 1 aromatic heterocycles. The van der Waals surface area contributed by atoms with Crippen LogP contribution in [0.5, 0.6) is 5.75 Å². The predicted octanol–water partition coefficient (Wildman–Crippen LogP) is 5.21. The summed E-state index contributed by atoms with van der Waals surface area (Å²) in [7, 11) is 1.86. The van der Waals surface area contributed by atoms with Crippen LogP contribution in [0, 0.1) is 6.92 Å². The Hall–Kier alpha value is -2.51. The summed E-state index contributed by atoms with van der Waals surface area (Å²) < 4.78 is 7.56. The van der Waals surface area contributed by atoms with Crippen molar-refractivity contribution in [2.24, 2.45) is 7.05 Å². The molecule has 0 saturated carbocycles. The summed E-state index contributed by atoms with van der Waals surface area (Å²) in [5, 5.41) is 12.7. The van der Waals surface area contributed by atoms with E-state index in [4.69, 9.17) is 16.3 Å². The topological polar surface area (TPSA) is 69.0 Å². The molecule has 0 unspecified atom stereocenters. The number of carbonyl (C=O) groups excluding carboxylic acids is 1. The van der Waals surface area contributed by atoms with Crippen LogP contribution >= 0.6 is 23.4 Å². The second-order valence-corrected chi connectivity index (χ2v) is 8.61. The fourth-order valence-electron chi connectivity index (χ4n) is 2.92.